The molecular weight excluding hydrogens is 445 g/mol. The van der Waals surface area contributed by atoms with Crippen LogP contribution in [0.15, 0.2) is 41.3 Å². The van der Waals surface area contributed by atoms with Gasteiger partial charge in [-0.05, 0) is 80.1 Å². The van der Waals surface area contributed by atoms with Crippen molar-refractivity contribution in [2.75, 3.05) is 11.5 Å². The van der Waals surface area contributed by atoms with Crippen molar-refractivity contribution in [3.8, 4) is 11.5 Å². The fourth-order valence-corrected chi connectivity index (χ4v) is 4.00. The lowest BCUT2D eigenvalue weighted by Crippen LogP contribution is -2.27. The van der Waals surface area contributed by atoms with E-state index in [0.29, 0.717) is 44.3 Å². The number of hydrogen-bond acceptors (Lipinski definition) is 5. The first-order valence-corrected chi connectivity index (χ1v) is 11.1. The zero-order valence-corrected chi connectivity index (χ0v) is 19.1. The van der Waals surface area contributed by atoms with E-state index in [1.54, 1.807) is 42.5 Å². The largest absolute Gasteiger partial charge is 0.490 e. The predicted molar refractivity (Wildman–Crippen MR) is 123 cm³/mol. The topological polar surface area (TPSA) is 55.8 Å². The average Bonchev–Trinajstić information content (AvgIpc) is 2.98. The summed E-state index contributed by atoms with van der Waals surface area (Å²) >= 11 is 13.2. The maximum absolute atomic E-state index is 12.8. The third-order valence-electron chi connectivity index (χ3n) is 4.40. The van der Waals surface area contributed by atoms with Crippen molar-refractivity contribution < 1.29 is 19.1 Å². The molecule has 1 atom stereocenters. The molecule has 2 aromatic carbocycles. The quantitative estimate of drug-likeness (QED) is 0.420. The van der Waals surface area contributed by atoms with Gasteiger partial charge in [-0.15, -0.1) is 0 Å². The van der Waals surface area contributed by atoms with E-state index in [4.69, 9.17) is 32.7 Å². The van der Waals surface area contributed by atoms with E-state index >= 15 is 0 Å². The molecule has 0 unspecified atom stereocenters. The monoisotopic (exact) mass is 465 g/mol. The SMILES string of the molecule is CCOc1cc(/C=C2/SC(=O)N(c3ccc(Cl)cc3)C2=O)cc(Cl)c1O[C@H](C)CC. The van der Waals surface area contributed by atoms with Crippen LogP contribution in [0.25, 0.3) is 6.08 Å². The zero-order chi connectivity index (χ0) is 21.8. The molecular formula is C22H21Cl2NO4S. The Morgan fingerprint density at radius 3 is 2.47 bits per heavy atom. The summed E-state index contributed by atoms with van der Waals surface area (Å²) in [5, 5.41) is 0.532. The lowest BCUT2D eigenvalue weighted by Gasteiger charge is -2.18. The second-order valence-corrected chi connectivity index (χ2v) is 8.43. The molecule has 3 rings (SSSR count). The van der Waals surface area contributed by atoms with Crippen LogP contribution < -0.4 is 14.4 Å². The van der Waals surface area contributed by atoms with E-state index in [0.717, 1.165) is 23.1 Å². The highest BCUT2D eigenvalue weighted by molar-refractivity contribution is 8.19. The minimum absolute atomic E-state index is 0.0246. The van der Waals surface area contributed by atoms with Gasteiger partial charge in [-0.3, -0.25) is 9.59 Å². The van der Waals surface area contributed by atoms with Crippen molar-refractivity contribution in [2.45, 2.75) is 33.3 Å². The van der Waals surface area contributed by atoms with E-state index in [9.17, 15) is 9.59 Å². The molecule has 0 N–H and O–H groups in total. The van der Waals surface area contributed by atoms with Crippen LogP contribution >= 0.6 is 35.0 Å². The Hall–Kier alpha value is -2.15. The molecule has 1 fully saturated rings. The van der Waals surface area contributed by atoms with Gasteiger partial charge < -0.3 is 9.47 Å². The van der Waals surface area contributed by atoms with Gasteiger partial charge in [0.25, 0.3) is 11.1 Å². The maximum Gasteiger partial charge on any atom is 0.298 e. The summed E-state index contributed by atoms with van der Waals surface area (Å²) in [6.45, 7) is 6.27. The summed E-state index contributed by atoms with van der Waals surface area (Å²) < 4.78 is 11.6. The number of benzene rings is 2. The molecule has 30 heavy (non-hydrogen) atoms. The summed E-state index contributed by atoms with van der Waals surface area (Å²) in [5.41, 5.74) is 1.11. The Morgan fingerprint density at radius 1 is 1.13 bits per heavy atom. The number of nitrogens with zero attached hydrogens (tertiary/aromatic N) is 1. The lowest BCUT2D eigenvalue weighted by atomic mass is 10.1. The van der Waals surface area contributed by atoms with Crippen LogP contribution in [0.5, 0.6) is 11.5 Å². The summed E-state index contributed by atoms with van der Waals surface area (Å²) in [6, 6.07) is 9.98. The van der Waals surface area contributed by atoms with Crippen LogP contribution in [0.4, 0.5) is 10.5 Å². The third kappa shape index (κ3) is 4.94. The number of anilines is 1. The van der Waals surface area contributed by atoms with Gasteiger partial charge >= 0.3 is 0 Å². The summed E-state index contributed by atoms with van der Waals surface area (Å²) in [7, 11) is 0. The van der Waals surface area contributed by atoms with E-state index in [1.807, 2.05) is 20.8 Å². The number of thioether (sulfide) groups is 1. The fraction of sp³-hybridized carbons (Fsp3) is 0.273. The number of imide groups is 1. The van der Waals surface area contributed by atoms with Crippen LogP contribution in [0.2, 0.25) is 10.0 Å². The number of hydrogen-bond donors (Lipinski definition) is 0. The van der Waals surface area contributed by atoms with Crippen LogP contribution in [-0.2, 0) is 4.79 Å². The molecule has 0 aromatic heterocycles. The number of ether oxygens (including phenoxy) is 2. The third-order valence-corrected chi connectivity index (χ3v) is 5.80. The van der Waals surface area contributed by atoms with Gasteiger partial charge in [0, 0.05) is 5.02 Å². The molecule has 2 amide bonds. The molecule has 0 radical (unpaired) electrons. The van der Waals surface area contributed by atoms with Gasteiger partial charge in [-0.2, -0.15) is 0 Å². The Balaban J connectivity index is 1.93. The fourth-order valence-electron chi connectivity index (χ4n) is 2.76. The first-order chi connectivity index (χ1) is 14.3. The van der Waals surface area contributed by atoms with E-state index in [1.165, 1.54) is 0 Å². The van der Waals surface area contributed by atoms with Gasteiger partial charge in [0.05, 0.1) is 28.3 Å². The number of carbonyl (C=O) groups excluding carboxylic acids is 2. The zero-order valence-electron chi connectivity index (χ0n) is 16.8. The van der Waals surface area contributed by atoms with Crippen LogP contribution in [0.3, 0.4) is 0 Å². The highest BCUT2D eigenvalue weighted by atomic mass is 35.5. The number of carbonyl (C=O) groups is 2. The molecule has 8 heteroatoms. The van der Waals surface area contributed by atoms with Gasteiger partial charge in [0.2, 0.25) is 0 Å². The molecule has 1 heterocycles. The number of halogens is 2. The van der Waals surface area contributed by atoms with Crippen LogP contribution in [-0.4, -0.2) is 23.9 Å². The van der Waals surface area contributed by atoms with Crippen molar-refractivity contribution in [3.05, 3.63) is 56.9 Å². The van der Waals surface area contributed by atoms with Crippen molar-refractivity contribution in [2.24, 2.45) is 0 Å². The standard InChI is InChI=1S/C22H21Cl2NO4S/c1-4-13(3)29-20-17(24)10-14(11-18(20)28-5-2)12-19-21(26)25(22(27)30-19)16-8-6-15(23)7-9-16/h6-13H,4-5H2,1-3H3/b19-12+/t13-/m1/s1. The minimum atomic E-state index is -0.402. The summed E-state index contributed by atoms with van der Waals surface area (Å²) in [6.07, 6.45) is 2.42. The molecule has 1 aliphatic heterocycles. The van der Waals surface area contributed by atoms with Crippen molar-refractivity contribution >= 4 is 57.9 Å². The maximum atomic E-state index is 12.8. The van der Waals surface area contributed by atoms with E-state index in [-0.39, 0.29) is 11.3 Å². The van der Waals surface area contributed by atoms with Crippen molar-refractivity contribution in [3.63, 3.8) is 0 Å². The van der Waals surface area contributed by atoms with Gasteiger partial charge in [-0.25, -0.2) is 4.90 Å². The minimum Gasteiger partial charge on any atom is -0.490 e. The summed E-state index contributed by atoms with van der Waals surface area (Å²) in [5.74, 6) is 0.564. The van der Waals surface area contributed by atoms with Crippen molar-refractivity contribution in [1.82, 2.24) is 0 Å². The number of rotatable bonds is 7. The molecule has 158 valence electrons. The first-order valence-electron chi connectivity index (χ1n) is 9.50. The Bertz CT molecular complexity index is 991. The van der Waals surface area contributed by atoms with Gasteiger partial charge in [-0.1, -0.05) is 30.1 Å². The van der Waals surface area contributed by atoms with Gasteiger partial charge in [0.1, 0.15) is 0 Å². The van der Waals surface area contributed by atoms with Gasteiger partial charge in [0.15, 0.2) is 11.5 Å². The lowest BCUT2D eigenvalue weighted by molar-refractivity contribution is -0.113. The molecule has 0 aliphatic carbocycles. The molecule has 0 bridgehead atoms. The van der Waals surface area contributed by atoms with E-state index in [2.05, 4.69) is 0 Å². The Kier molecular flexibility index (Phi) is 7.34. The molecule has 5 nitrogen and oxygen atoms in total. The highest BCUT2D eigenvalue weighted by Gasteiger charge is 2.36. The van der Waals surface area contributed by atoms with E-state index < -0.39 is 5.91 Å². The molecule has 0 saturated carbocycles. The second-order valence-electron chi connectivity index (χ2n) is 6.59. The second kappa shape index (κ2) is 9.77. The smallest absolute Gasteiger partial charge is 0.298 e. The van der Waals surface area contributed by atoms with Crippen LogP contribution in [0, 0.1) is 0 Å². The van der Waals surface area contributed by atoms with Crippen molar-refractivity contribution in [1.29, 1.82) is 0 Å². The Labute approximate surface area is 189 Å². The molecule has 1 aliphatic rings. The molecule has 1 saturated heterocycles. The predicted octanol–water partition coefficient (Wildman–Crippen LogP) is 6.81. The molecule has 0 spiro atoms. The normalized spacial score (nSPS) is 16.3. The molecule has 2 aromatic rings. The number of amides is 2. The highest BCUT2D eigenvalue weighted by Crippen LogP contribution is 2.40. The first kappa shape index (κ1) is 22.5. The average molecular weight is 466 g/mol. The van der Waals surface area contributed by atoms with Crippen LogP contribution in [0.1, 0.15) is 32.8 Å². The summed E-state index contributed by atoms with van der Waals surface area (Å²) in [4.78, 5) is 26.7. The Morgan fingerprint density at radius 2 is 1.83 bits per heavy atom.